The van der Waals surface area contributed by atoms with Crippen LogP contribution in [-0.2, 0) is 4.79 Å². The summed E-state index contributed by atoms with van der Waals surface area (Å²) in [6.07, 6.45) is 6.81. The fourth-order valence-electron chi connectivity index (χ4n) is 4.09. The summed E-state index contributed by atoms with van der Waals surface area (Å²) in [6.45, 7) is 3.07. The Morgan fingerprint density at radius 2 is 1.60 bits per heavy atom. The predicted molar refractivity (Wildman–Crippen MR) is 143 cm³/mol. The molecule has 3 aromatic rings. The van der Waals surface area contributed by atoms with Gasteiger partial charge in [-0.25, -0.2) is 0 Å². The first-order chi connectivity index (χ1) is 17.1. The van der Waals surface area contributed by atoms with Gasteiger partial charge in [-0.1, -0.05) is 60.7 Å². The molecule has 0 saturated carbocycles. The van der Waals surface area contributed by atoms with E-state index in [2.05, 4.69) is 22.1 Å². The van der Waals surface area contributed by atoms with Gasteiger partial charge in [0.15, 0.2) is 0 Å². The van der Waals surface area contributed by atoms with E-state index in [0.717, 1.165) is 43.6 Å². The molecule has 4 rings (SSSR count). The Balaban J connectivity index is 1.47. The molecule has 0 bridgehead atoms. The van der Waals surface area contributed by atoms with E-state index < -0.39 is 0 Å². The topological polar surface area (TPSA) is 62.1 Å². The highest BCUT2D eigenvalue weighted by molar-refractivity contribution is 5.97. The number of benzene rings is 3. The molecule has 3 aromatic carbocycles. The molecule has 0 aromatic heterocycles. The summed E-state index contributed by atoms with van der Waals surface area (Å²) in [5.74, 6) is 0.627. The standard InChI is InChI=1S/C30H31N3O2/c1-23(34)11-5-4-10-18-31-29-19-26(16-17-28(29)32-20-24-12-6-2-7-13-24)30(35)33-21-27(22-33)25-14-8-3-9-15-25/h2-3,6-9,12-20,27H,4-5,10-11,21-22H2,1H3. The Labute approximate surface area is 207 Å². The smallest absolute Gasteiger partial charge is 0.253 e. The van der Waals surface area contributed by atoms with Gasteiger partial charge in [0.1, 0.15) is 5.78 Å². The maximum absolute atomic E-state index is 13.1. The second-order valence-corrected chi connectivity index (χ2v) is 8.95. The number of hydrogen-bond donors (Lipinski definition) is 0. The number of nitrogens with zero attached hydrogens (tertiary/aromatic N) is 3. The zero-order chi connectivity index (χ0) is 24.5. The molecule has 0 spiro atoms. The molecule has 1 saturated heterocycles. The number of ketones is 1. The highest BCUT2D eigenvalue weighted by Gasteiger charge is 2.32. The third-order valence-electron chi connectivity index (χ3n) is 6.16. The lowest BCUT2D eigenvalue weighted by molar-refractivity contribution is -0.117. The van der Waals surface area contributed by atoms with Gasteiger partial charge in [0.2, 0.25) is 0 Å². The Morgan fingerprint density at radius 1 is 0.886 bits per heavy atom. The lowest BCUT2D eigenvalue weighted by atomic mass is 9.91. The molecule has 1 amide bonds. The number of carbonyl (C=O) groups is 2. The Bertz CT molecular complexity index is 1200. The van der Waals surface area contributed by atoms with Crippen LogP contribution in [0.1, 0.15) is 60.0 Å². The van der Waals surface area contributed by atoms with Crippen molar-refractivity contribution in [2.24, 2.45) is 9.98 Å². The van der Waals surface area contributed by atoms with E-state index in [1.165, 1.54) is 5.56 Å². The van der Waals surface area contributed by atoms with Crippen molar-refractivity contribution in [2.75, 3.05) is 13.1 Å². The van der Waals surface area contributed by atoms with Gasteiger partial charge in [0, 0.05) is 43.4 Å². The van der Waals surface area contributed by atoms with Crippen molar-refractivity contribution in [1.29, 1.82) is 0 Å². The number of amides is 1. The minimum Gasteiger partial charge on any atom is -0.337 e. The highest BCUT2D eigenvalue weighted by Crippen LogP contribution is 2.32. The summed E-state index contributed by atoms with van der Waals surface area (Å²) in [5, 5.41) is 0. The van der Waals surface area contributed by atoms with E-state index in [9.17, 15) is 9.59 Å². The molecule has 35 heavy (non-hydrogen) atoms. The van der Waals surface area contributed by atoms with Crippen LogP contribution in [0, 0.1) is 0 Å². The zero-order valence-electron chi connectivity index (χ0n) is 20.1. The summed E-state index contributed by atoms with van der Waals surface area (Å²) in [7, 11) is 0. The summed E-state index contributed by atoms with van der Waals surface area (Å²) in [4.78, 5) is 35.4. The average molecular weight is 466 g/mol. The largest absolute Gasteiger partial charge is 0.337 e. The van der Waals surface area contributed by atoms with Gasteiger partial charge in [-0.05, 0) is 55.5 Å². The molecule has 5 heteroatoms. The first kappa shape index (κ1) is 24.3. The number of aliphatic imine (C=N–C) groups is 2. The molecule has 5 nitrogen and oxygen atoms in total. The molecule has 178 valence electrons. The molecule has 1 aliphatic heterocycles. The number of hydrogen-bond acceptors (Lipinski definition) is 4. The third kappa shape index (κ3) is 6.82. The first-order valence-corrected chi connectivity index (χ1v) is 12.2. The lowest BCUT2D eigenvalue weighted by Gasteiger charge is -2.39. The number of rotatable bonds is 10. The van der Waals surface area contributed by atoms with Crippen molar-refractivity contribution in [2.45, 2.75) is 38.5 Å². The molecule has 0 radical (unpaired) electrons. The lowest BCUT2D eigenvalue weighted by Crippen LogP contribution is -2.48. The molecule has 0 unspecified atom stereocenters. The van der Waals surface area contributed by atoms with Crippen LogP contribution in [0.3, 0.4) is 0 Å². The molecular formula is C30H31N3O2. The number of likely N-dealkylation sites (tertiary alicyclic amines) is 1. The van der Waals surface area contributed by atoms with Crippen LogP contribution in [0.4, 0.5) is 11.4 Å². The summed E-state index contributed by atoms with van der Waals surface area (Å²) in [5.41, 5.74) is 4.29. The van der Waals surface area contributed by atoms with Crippen molar-refractivity contribution in [3.8, 4) is 0 Å². The quantitative estimate of drug-likeness (QED) is 0.252. The number of carbonyl (C=O) groups excluding carboxylic acids is 2. The van der Waals surface area contributed by atoms with Crippen LogP contribution >= 0.6 is 0 Å². The Hall–Kier alpha value is -3.86. The van der Waals surface area contributed by atoms with Gasteiger partial charge in [-0.3, -0.25) is 14.8 Å². The minimum atomic E-state index is 0.0219. The summed E-state index contributed by atoms with van der Waals surface area (Å²) >= 11 is 0. The molecule has 0 N–H and O–H groups in total. The van der Waals surface area contributed by atoms with Crippen molar-refractivity contribution < 1.29 is 9.59 Å². The molecule has 0 aliphatic carbocycles. The maximum atomic E-state index is 13.1. The Morgan fingerprint density at radius 3 is 2.31 bits per heavy atom. The van der Waals surface area contributed by atoms with Gasteiger partial charge < -0.3 is 9.69 Å². The van der Waals surface area contributed by atoms with Gasteiger partial charge in [-0.2, -0.15) is 0 Å². The van der Waals surface area contributed by atoms with Crippen molar-refractivity contribution >= 4 is 35.5 Å². The summed E-state index contributed by atoms with van der Waals surface area (Å²) in [6, 6.07) is 25.8. The van der Waals surface area contributed by atoms with Gasteiger partial charge in [0.25, 0.3) is 5.91 Å². The molecule has 1 fully saturated rings. The van der Waals surface area contributed by atoms with E-state index in [-0.39, 0.29) is 11.7 Å². The van der Waals surface area contributed by atoms with Gasteiger partial charge in [0.05, 0.1) is 11.4 Å². The van der Waals surface area contributed by atoms with E-state index >= 15 is 0 Å². The second-order valence-electron chi connectivity index (χ2n) is 8.95. The van der Waals surface area contributed by atoms with Crippen LogP contribution in [0.2, 0.25) is 0 Å². The SMILES string of the molecule is CC(=O)CCCCC=Nc1cc(C(=O)N2CC(c3ccccc3)C2)ccc1N=Cc1ccccc1. The minimum absolute atomic E-state index is 0.0219. The molecule has 1 heterocycles. The van der Waals surface area contributed by atoms with E-state index in [1.807, 2.05) is 84.1 Å². The van der Waals surface area contributed by atoms with E-state index in [1.54, 1.807) is 6.92 Å². The van der Waals surface area contributed by atoms with Crippen LogP contribution < -0.4 is 0 Å². The molecular weight excluding hydrogens is 434 g/mol. The second kappa shape index (κ2) is 12.0. The van der Waals surface area contributed by atoms with Crippen molar-refractivity contribution in [3.63, 3.8) is 0 Å². The normalized spacial score (nSPS) is 13.9. The van der Waals surface area contributed by atoms with Gasteiger partial charge in [-0.15, -0.1) is 0 Å². The molecule has 0 atom stereocenters. The molecule has 1 aliphatic rings. The monoisotopic (exact) mass is 465 g/mol. The Kier molecular flexibility index (Phi) is 8.34. The van der Waals surface area contributed by atoms with E-state index in [0.29, 0.717) is 23.6 Å². The maximum Gasteiger partial charge on any atom is 0.253 e. The van der Waals surface area contributed by atoms with Crippen LogP contribution in [0.5, 0.6) is 0 Å². The highest BCUT2D eigenvalue weighted by atomic mass is 16.2. The van der Waals surface area contributed by atoms with Gasteiger partial charge >= 0.3 is 0 Å². The van der Waals surface area contributed by atoms with Crippen LogP contribution in [0.25, 0.3) is 0 Å². The summed E-state index contributed by atoms with van der Waals surface area (Å²) < 4.78 is 0. The van der Waals surface area contributed by atoms with Crippen molar-refractivity contribution in [3.05, 3.63) is 95.6 Å². The van der Waals surface area contributed by atoms with Crippen molar-refractivity contribution in [1.82, 2.24) is 4.90 Å². The first-order valence-electron chi connectivity index (χ1n) is 12.2. The fourth-order valence-corrected chi connectivity index (χ4v) is 4.09. The van der Waals surface area contributed by atoms with Crippen LogP contribution in [-0.4, -0.2) is 42.1 Å². The average Bonchev–Trinajstić information content (AvgIpc) is 2.85. The predicted octanol–water partition coefficient (Wildman–Crippen LogP) is 6.53. The zero-order valence-corrected chi connectivity index (χ0v) is 20.1. The van der Waals surface area contributed by atoms with Crippen LogP contribution in [0.15, 0.2) is 88.8 Å². The number of unbranched alkanes of at least 4 members (excludes halogenated alkanes) is 2. The van der Waals surface area contributed by atoms with E-state index in [4.69, 9.17) is 0 Å². The fraction of sp³-hybridized carbons (Fsp3) is 0.267. The number of Topliss-reactive ketones (excluding diaryl/α,β-unsaturated/α-hetero) is 1. The third-order valence-corrected chi connectivity index (χ3v) is 6.16.